The van der Waals surface area contributed by atoms with Crippen LogP contribution in [0.1, 0.15) is 36.2 Å². The van der Waals surface area contributed by atoms with E-state index >= 15 is 0 Å². The van der Waals surface area contributed by atoms with E-state index in [0.717, 1.165) is 17.7 Å². The van der Waals surface area contributed by atoms with Gasteiger partial charge in [-0.2, -0.15) is 4.31 Å². The number of hydrogen-bond donors (Lipinski definition) is 0. The fraction of sp³-hybridized carbons (Fsp3) is 0.588. The number of carbonyl (C=O) groups excluding carboxylic acids is 1. The van der Waals surface area contributed by atoms with Crippen molar-refractivity contribution in [3.8, 4) is 5.75 Å². The minimum absolute atomic E-state index is 0.0557. The molecule has 0 saturated carbocycles. The molecule has 0 atom stereocenters. The molecule has 0 aromatic heterocycles. The summed E-state index contributed by atoms with van der Waals surface area (Å²) in [6, 6.07) is 5.44. The molecule has 1 aliphatic rings. The lowest BCUT2D eigenvalue weighted by atomic mass is 10.1. The Hall–Kier alpha value is -1.60. The van der Waals surface area contributed by atoms with Crippen molar-refractivity contribution in [2.45, 2.75) is 26.7 Å². The fourth-order valence-electron chi connectivity index (χ4n) is 2.93. The van der Waals surface area contributed by atoms with Gasteiger partial charge in [0.1, 0.15) is 5.75 Å². The van der Waals surface area contributed by atoms with Crippen LogP contribution in [0.25, 0.3) is 0 Å². The van der Waals surface area contributed by atoms with Gasteiger partial charge in [0.05, 0.1) is 12.9 Å². The first-order chi connectivity index (χ1) is 11.4. The molecule has 6 nitrogen and oxygen atoms in total. The Morgan fingerprint density at radius 3 is 2.38 bits per heavy atom. The molecule has 1 aliphatic heterocycles. The maximum Gasteiger partial charge on any atom is 0.253 e. The molecular formula is C17H26N2O4S. The van der Waals surface area contributed by atoms with Crippen LogP contribution in [0, 0.1) is 0 Å². The van der Waals surface area contributed by atoms with Crippen LogP contribution in [0.2, 0.25) is 0 Å². The molecule has 1 aromatic rings. The molecule has 0 N–H and O–H groups in total. The van der Waals surface area contributed by atoms with Crippen LogP contribution in [-0.4, -0.2) is 62.6 Å². The van der Waals surface area contributed by atoms with Crippen molar-refractivity contribution < 1.29 is 17.9 Å². The van der Waals surface area contributed by atoms with Gasteiger partial charge in [-0.25, -0.2) is 8.42 Å². The van der Waals surface area contributed by atoms with Crippen LogP contribution in [-0.2, 0) is 16.4 Å². The molecule has 1 fully saturated rings. The van der Waals surface area contributed by atoms with Crippen LogP contribution in [0.4, 0.5) is 0 Å². The predicted octanol–water partition coefficient (Wildman–Crippen LogP) is 1.76. The zero-order valence-corrected chi connectivity index (χ0v) is 15.4. The smallest absolute Gasteiger partial charge is 0.253 e. The van der Waals surface area contributed by atoms with Crippen molar-refractivity contribution in [3.63, 3.8) is 0 Å². The molecule has 0 aliphatic carbocycles. The molecule has 0 radical (unpaired) electrons. The van der Waals surface area contributed by atoms with E-state index in [9.17, 15) is 13.2 Å². The summed E-state index contributed by atoms with van der Waals surface area (Å²) in [7, 11) is -1.57. The Balaban J connectivity index is 2.05. The predicted molar refractivity (Wildman–Crippen MR) is 93.9 cm³/mol. The largest absolute Gasteiger partial charge is 0.496 e. The summed E-state index contributed by atoms with van der Waals surface area (Å²) >= 11 is 0. The molecule has 1 heterocycles. The molecule has 1 saturated heterocycles. The van der Waals surface area contributed by atoms with E-state index in [2.05, 4.69) is 0 Å². The highest BCUT2D eigenvalue weighted by Gasteiger charge is 2.28. The number of sulfonamides is 1. The fourth-order valence-corrected chi connectivity index (χ4v) is 4.42. The number of hydrogen-bond acceptors (Lipinski definition) is 4. The Morgan fingerprint density at radius 2 is 1.83 bits per heavy atom. The van der Waals surface area contributed by atoms with Gasteiger partial charge in [-0.1, -0.05) is 13.8 Å². The molecule has 0 spiro atoms. The first-order valence-corrected chi connectivity index (χ1v) is 9.97. The van der Waals surface area contributed by atoms with Crippen LogP contribution in [0.5, 0.6) is 5.75 Å². The normalized spacial score (nSPS) is 16.2. The van der Waals surface area contributed by atoms with Gasteiger partial charge in [0.2, 0.25) is 10.0 Å². The van der Waals surface area contributed by atoms with E-state index in [1.165, 1.54) is 4.31 Å². The minimum Gasteiger partial charge on any atom is -0.496 e. The molecule has 24 heavy (non-hydrogen) atoms. The van der Waals surface area contributed by atoms with E-state index in [0.29, 0.717) is 38.2 Å². The van der Waals surface area contributed by atoms with Crippen molar-refractivity contribution in [3.05, 3.63) is 29.3 Å². The van der Waals surface area contributed by atoms with Crippen molar-refractivity contribution in [1.29, 1.82) is 0 Å². The van der Waals surface area contributed by atoms with Crippen LogP contribution < -0.4 is 4.74 Å². The SMILES string of the molecule is CCCS(=O)(=O)N1CCN(C(=O)c2ccc(OC)c(CC)c2)CC1. The molecule has 7 heteroatoms. The quantitative estimate of drug-likeness (QED) is 0.781. The second-order valence-corrected chi connectivity index (χ2v) is 7.98. The maximum atomic E-state index is 12.7. The van der Waals surface area contributed by atoms with E-state index in [-0.39, 0.29) is 11.7 Å². The standard InChI is InChI=1S/C17H26N2O4S/c1-4-12-24(21,22)19-10-8-18(9-11-19)17(20)15-6-7-16(23-3)14(5-2)13-15/h6-7,13H,4-5,8-12H2,1-3H3. The van der Waals surface area contributed by atoms with Crippen molar-refractivity contribution in [2.75, 3.05) is 39.0 Å². The average molecular weight is 354 g/mol. The van der Waals surface area contributed by atoms with Gasteiger partial charge < -0.3 is 9.64 Å². The zero-order chi connectivity index (χ0) is 17.7. The molecular weight excluding hydrogens is 328 g/mol. The summed E-state index contributed by atoms with van der Waals surface area (Å²) in [5.41, 5.74) is 1.62. The summed E-state index contributed by atoms with van der Waals surface area (Å²) in [4.78, 5) is 14.4. The van der Waals surface area contributed by atoms with Gasteiger partial charge in [-0.05, 0) is 36.6 Å². The maximum absolute atomic E-state index is 12.7. The van der Waals surface area contributed by atoms with Gasteiger partial charge in [-0.15, -0.1) is 0 Å². The lowest BCUT2D eigenvalue weighted by molar-refractivity contribution is 0.0697. The van der Waals surface area contributed by atoms with E-state index in [1.807, 2.05) is 26.0 Å². The Kier molecular flexibility index (Phi) is 6.23. The van der Waals surface area contributed by atoms with Gasteiger partial charge in [0.25, 0.3) is 5.91 Å². The second kappa shape index (κ2) is 7.98. The van der Waals surface area contributed by atoms with Crippen LogP contribution >= 0.6 is 0 Å². The zero-order valence-electron chi connectivity index (χ0n) is 14.6. The molecule has 0 bridgehead atoms. The monoisotopic (exact) mass is 354 g/mol. The number of methoxy groups -OCH3 is 1. The van der Waals surface area contributed by atoms with Crippen molar-refractivity contribution in [1.82, 2.24) is 9.21 Å². The Morgan fingerprint density at radius 1 is 1.17 bits per heavy atom. The first-order valence-electron chi connectivity index (χ1n) is 8.37. The second-order valence-electron chi connectivity index (χ2n) is 5.89. The third kappa shape index (κ3) is 4.08. The number of nitrogens with zero attached hydrogens (tertiary/aromatic N) is 2. The van der Waals surface area contributed by atoms with E-state index in [1.54, 1.807) is 18.1 Å². The van der Waals surface area contributed by atoms with Crippen molar-refractivity contribution in [2.24, 2.45) is 0 Å². The van der Waals surface area contributed by atoms with Gasteiger partial charge >= 0.3 is 0 Å². The number of amides is 1. The number of ether oxygens (including phenoxy) is 1. The number of piperazine rings is 1. The summed E-state index contributed by atoms with van der Waals surface area (Å²) < 4.78 is 31.0. The lowest BCUT2D eigenvalue weighted by Gasteiger charge is -2.34. The summed E-state index contributed by atoms with van der Waals surface area (Å²) in [5.74, 6) is 0.892. The molecule has 0 unspecified atom stereocenters. The number of carbonyl (C=O) groups is 1. The summed E-state index contributed by atoms with van der Waals surface area (Å²) in [6.07, 6.45) is 1.39. The van der Waals surface area contributed by atoms with Gasteiger partial charge in [0, 0.05) is 31.7 Å². The first kappa shape index (κ1) is 18.7. The highest BCUT2D eigenvalue weighted by Crippen LogP contribution is 2.22. The van der Waals surface area contributed by atoms with Gasteiger partial charge in [0.15, 0.2) is 0 Å². The van der Waals surface area contributed by atoms with E-state index in [4.69, 9.17) is 4.74 Å². The van der Waals surface area contributed by atoms with Crippen molar-refractivity contribution >= 4 is 15.9 Å². The highest BCUT2D eigenvalue weighted by atomic mass is 32.2. The van der Waals surface area contributed by atoms with Crippen LogP contribution in [0.3, 0.4) is 0 Å². The number of benzene rings is 1. The minimum atomic E-state index is -3.19. The highest BCUT2D eigenvalue weighted by molar-refractivity contribution is 7.89. The molecule has 1 amide bonds. The van der Waals surface area contributed by atoms with Gasteiger partial charge in [-0.3, -0.25) is 4.79 Å². The third-order valence-corrected chi connectivity index (χ3v) is 6.37. The van der Waals surface area contributed by atoms with E-state index < -0.39 is 10.0 Å². The topological polar surface area (TPSA) is 66.9 Å². The average Bonchev–Trinajstić information content (AvgIpc) is 2.60. The molecule has 2 rings (SSSR count). The summed E-state index contributed by atoms with van der Waals surface area (Å²) in [5, 5.41) is 0. The molecule has 134 valence electrons. The Bertz CT molecular complexity index is 680. The number of aryl methyl sites for hydroxylation is 1. The third-order valence-electron chi connectivity index (χ3n) is 4.29. The van der Waals surface area contributed by atoms with Crippen LogP contribution in [0.15, 0.2) is 18.2 Å². The Labute approximate surface area is 144 Å². The lowest BCUT2D eigenvalue weighted by Crippen LogP contribution is -2.51. The summed E-state index contributed by atoms with van der Waals surface area (Å²) in [6.45, 7) is 5.45. The number of rotatable bonds is 6. The molecule has 1 aromatic carbocycles.